The van der Waals surface area contributed by atoms with Gasteiger partial charge in [0.25, 0.3) is 6.43 Å². The van der Waals surface area contributed by atoms with E-state index < -0.39 is 17.8 Å². The number of hydrogen-bond donors (Lipinski definition) is 0. The zero-order valence-corrected chi connectivity index (χ0v) is 9.11. The molecule has 1 nitrogen and oxygen atoms in total. The number of alkyl halides is 3. The highest BCUT2D eigenvalue weighted by Gasteiger charge is 2.20. The molecule has 0 saturated heterocycles. The van der Waals surface area contributed by atoms with E-state index >= 15 is 0 Å². The first kappa shape index (κ1) is 11.0. The lowest BCUT2D eigenvalue weighted by molar-refractivity contribution is 0.145. The van der Waals surface area contributed by atoms with Gasteiger partial charge in [-0.05, 0) is 22.6 Å². The lowest BCUT2D eigenvalue weighted by Crippen LogP contribution is -2.01. The molecule has 0 bridgehead atoms. The van der Waals surface area contributed by atoms with Crippen LogP contribution in [0.1, 0.15) is 17.7 Å². The van der Waals surface area contributed by atoms with Crippen molar-refractivity contribution in [2.75, 3.05) is 0 Å². The lowest BCUT2D eigenvalue weighted by atomic mass is 10.2. The summed E-state index contributed by atoms with van der Waals surface area (Å²) >= 11 is 7.04. The van der Waals surface area contributed by atoms with Gasteiger partial charge in [0.2, 0.25) is 0 Å². The van der Waals surface area contributed by atoms with Crippen LogP contribution in [0.4, 0.5) is 13.2 Å². The number of pyridine rings is 1. The van der Waals surface area contributed by atoms with Crippen LogP contribution < -0.4 is 0 Å². The first-order chi connectivity index (χ1) is 6.07. The highest BCUT2D eigenvalue weighted by molar-refractivity contribution is 14.1. The van der Waals surface area contributed by atoms with Crippen molar-refractivity contribution in [2.45, 2.75) is 12.3 Å². The van der Waals surface area contributed by atoms with Crippen molar-refractivity contribution in [3.63, 3.8) is 0 Å². The summed E-state index contributed by atoms with van der Waals surface area (Å²) in [5, 5.41) is 0. The average molecular weight is 321 g/mol. The van der Waals surface area contributed by atoms with Crippen LogP contribution in [0.15, 0.2) is 6.20 Å². The standard InChI is InChI=1S/C7H4ClF3IN/c8-1-4-6(12)5(7(10)11)3(9)2-13-4/h2,7H,1H2. The summed E-state index contributed by atoms with van der Waals surface area (Å²) in [6, 6.07) is 0. The average Bonchev–Trinajstić information content (AvgIpc) is 2.04. The van der Waals surface area contributed by atoms with Crippen LogP contribution in [0, 0.1) is 9.39 Å². The monoisotopic (exact) mass is 321 g/mol. The van der Waals surface area contributed by atoms with Crippen molar-refractivity contribution >= 4 is 34.2 Å². The molecular formula is C7H4ClF3IN. The van der Waals surface area contributed by atoms with Crippen molar-refractivity contribution in [2.24, 2.45) is 0 Å². The van der Waals surface area contributed by atoms with Crippen LogP contribution in [0.5, 0.6) is 0 Å². The van der Waals surface area contributed by atoms with Crippen LogP contribution in [-0.2, 0) is 5.88 Å². The van der Waals surface area contributed by atoms with Gasteiger partial charge in [-0.25, -0.2) is 13.2 Å². The molecule has 0 radical (unpaired) electrons. The molecule has 0 aliphatic carbocycles. The van der Waals surface area contributed by atoms with Crippen LogP contribution in [0.2, 0.25) is 0 Å². The third kappa shape index (κ3) is 2.25. The lowest BCUT2D eigenvalue weighted by Gasteiger charge is -2.07. The van der Waals surface area contributed by atoms with E-state index in [4.69, 9.17) is 11.6 Å². The normalized spacial score (nSPS) is 10.9. The predicted molar refractivity (Wildman–Crippen MR) is 51.4 cm³/mol. The van der Waals surface area contributed by atoms with Gasteiger partial charge in [0.15, 0.2) is 5.82 Å². The summed E-state index contributed by atoms with van der Waals surface area (Å²) in [7, 11) is 0. The predicted octanol–water partition coefficient (Wildman–Crippen LogP) is 3.50. The van der Waals surface area contributed by atoms with Gasteiger partial charge in [0.1, 0.15) is 0 Å². The molecule has 0 unspecified atom stereocenters. The van der Waals surface area contributed by atoms with E-state index in [0.29, 0.717) is 0 Å². The number of hydrogen-bond acceptors (Lipinski definition) is 1. The molecule has 0 N–H and O–H groups in total. The Hall–Kier alpha value is -0.0400. The molecule has 1 aromatic rings. The number of nitrogens with zero attached hydrogens (tertiary/aromatic N) is 1. The molecule has 1 aromatic heterocycles. The van der Waals surface area contributed by atoms with Crippen LogP contribution >= 0.6 is 34.2 Å². The molecule has 0 aromatic carbocycles. The molecule has 0 aliphatic rings. The molecule has 0 amide bonds. The fraction of sp³-hybridized carbons (Fsp3) is 0.286. The van der Waals surface area contributed by atoms with Crippen molar-refractivity contribution in [1.82, 2.24) is 4.98 Å². The summed E-state index contributed by atoms with van der Waals surface area (Å²) < 4.78 is 37.5. The first-order valence-electron chi connectivity index (χ1n) is 3.24. The Morgan fingerprint density at radius 1 is 1.54 bits per heavy atom. The summed E-state index contributed by atoms with van der Waals surface area (Å²) in [4.78, 5) is 3.59. The molecule has 13 heavy (non-hydrogen) atoms. The third-order valence-electron chi connectivity index (χ3n) is 1.43. The van der Waals surface area contributed by atoms with Gasteiger partial charge < -0.3 is 0 Å². The molecule has 6 heteroatoms. The Labute approximate surface area is 91.4 Å². The van der Waals surface area contributed by atoms with E-state index in [0.717, 1.165) is 6.20 Å². The second-order valence-corrected chi connectivity index (χ2v) is 3.56. The maximum atomic E-state index is 12.8. The summed E-state index contributed by atoms with van der Waals surface area (Å²) in [5.74, 6) is -0.994. The Bertz CT molecular complexity index is 319. The zero-order chi connectivity index (χ0) is 10.0. The van der Waals surface area contributed by atoms with E-state index in [9.17, 15) is 13.2 Å². The van der Waals surface area contributed by atoms with Gasteiger partial charge in [0.05, 0.1) is 23.3 Å². The van der Waals surface area contributed by atoms with Crippen LogP contribution in [-0.4, -0.2) is 4.98 Å². The number of rotatable bonds is 2. The summed E-state index contributed by atoms with van der Waals surface area (Å²) in [6.45, 7) is 0. The van der Waals surface area contributed by atoms with Gasteiger partial charge in [0, 0.05) is 3.57 Å². The van der Waals surface area contributed by atoms with Crippen molar-refractivity contribution in [1.29, 1.82) is 0 Å². The Morgan fingerprint density at radius 3 is 2.62 bits per heavy atom. The number of halogens is 5. The molecule has 0 saturated carbocycles. The number of aromatic nitrogens is 1. The van der Waals surface area contributed by atoms with Gasteiger partial charge in [-0.2, -0.15) is 0 Å². The fourth-order valence-corrected chi connectivity index (χ4v) is 2.07. The van der Waals surface area contributed by atoms with Crippen molar-refractivity contribution < 1.29 is 13.2 Å². The summed E-state index contributed by atoms with van der Waals surface area (Å²) in [6.07, 6.45) is -2.07. The minimum Gasteiger partial charge on any atom is -0.256 e. The van der Waals surface area contributed by atoms with E-state index in [1.807, 2.05) is 0 Å². The maximum Gasteiger partial charge on any atom is 0.267 e. The van der Waals surface area contributed by atoms with Crippen molar-refractivity contribution in [3.05, 3.63) is 26.8 Å². The molecule has 1 rings (SSSR count). The molecule has 72 valence electrons. The molecule has 0 aliphatic heterocycles. The van der Waals surface area contributed by atoms with Gasteiger partial charge in [-0.3, -0.25) is 4.98 Å². The van der Waals surface area contributed by atoms with Gasteiger partial charge in [-0.1, -0.05) is 0 Å². The second-order valence-electron chi connectivity index (χ2n) is 2.21. The third-order valence-corrected chi connectivity index (χ3v) is 2.88. The molecule has 0 atom stereocenters. The Morgan fingerprint density at radius 2 is 2.15 bits per heavy atom. The highest BCUT2D eigenvalue weighted by atomic mass is 127. The van der Waals surface area contributed by atoms with E-state index in [1.165, 1.54) is 0 Å². The highest BCUT2D eigenvalue weighted by Crippen LogP contribution is 2.28. The quantitative estimate of drug-likeness (QED) is 0.600. The molecular weight excluding hydrogens is 317 g/mol. The van der Waals surface area contributed by atoms with Gasteiger partial charge in [-0.15, -0.1) is 11.6 Å². The maximum absolute atomic E-state index is 12.8. The van der Waals surface area contributed by atoms with Crippen molar-refractivity contribution in [3.8, 4) is 0 Å². The minimum atomic E-state index is -2.84. The second kappa shape index (κ2) is 4.45. The van der Waals surface area contributed by atoms with E-state index in [-0.39, 0.29) is 15.1 Å². The van der Waals surface area contributed by atoms with E-state index in [2.05, 4.69) is 4.98 Å². The SMILES string of the molecule is Fc1cnc(CCl)c(I)c1C(F)F. The largest absolute Gasteiger partial charge is 0.267 e. The minimum absolute atomic E-state index is 0.00171. The van der Waals surface area contributed by atoms with E-state index in [1.54, 1.807) is 22.6 Å². The molecule has 0 spiro atoms. The fourth-order valence-electron chi connectivity index (χ4n) is 0.814. The van der Waals surface area contributed by atoms with Crippen LogP contribution in [0.3, 0.4) is 0 Å². The smallest absolute Gasteiger partial charge is 0.256 e. The molecule has 1 heterocycles. The topological polar surface area (TPSA) is 12.9 Å². The summed E-state index contributed by atoms with van der Waals surface area (Å²) in [5.41, 5.74) is -0.342. The molecule has 0 fully saturated rings. The first-order valence-corrected chi connectivity index (χ1v) is 4.86. The van der Waals surface area contributed by atoms with Crippen LogP contribution in [0.25, 0.3) is 0 Å². The Balaban J connectivity index is 3.30. The zero-order valence-electron chi connectivity index (χ0n) is 6.20. The van der Waals surface area contributed by atoms with Gasteiger partial charge >= 0.3 is 0 Å². The Kier molecular flexibility index (Phi) is 3.78.